The summed E-state index contributed by atoms with van der Waals surface area (Å²) in [6, 6.07) is 6.17. The van der Waals surface area contributed by atoms with Crippen molar-refractivity contribution in [2.24, 2.45) is 0 Å². The predicted molar refractivity (Wildman–Crippen MR) is 73.5 cm³/mol. The van der Waals surface area contributed by atoms with E-state index in [1.165, 1.54) is 12.1 Å². The van der Waals surface area contributed by atoms with Crippen LogP contribution < -0.4 is 10.1 Å². The maximum absolute atomic E-state index is 12.7. The number of hydrogen-bond acceptors (Lipinski definition) is 2. The van der Waals surface area contributed by atoms with Crippen LogP contribution in [0, 0.1) is 5.82 Å². The van der Waals surface area contributed by atoms with Gasteiger partial charge in [0.15, 0.2) is 0 Å². The third kappa shape index (κ3) is 6.60. The van der Waals surface area contributed by atoms with E-state index in [2.05, 4.69) is 26.1 Å². The average molecular weight is 253 g/mol. The Morgan fingerprint density at radius 2 is 1.83 bits per heavy atom. The minimum Gasteiger partial charge on any atom is -0.491 e. The lowest BCUT2D eigenvalue weighted by Crippen LogP contribution is -2.36. The molecule has 0 radical (unpaired) electrons. The summed E-state index contributed by atoms with van der Waals surface area (Å²) in [5.41, 5.74) is 0.168. The molecule has 0 fully saturated rings. The molecule has 0 aromatic heterocycles. The average Bonchev–Trinajstić information content (AvgIpc) is 2.26. The molecule has 0 spiro atoms. The SMILES string of the molecule is CC(CCCNC(C)(C)C)Oc1ccc(F)cc1. The van der Waals surface area contributed by atoms with Crippen molar-refractivity contribution < 1.29 is 9.13 Å². The van der Waals surface area contributed by atoms with Crippen molar-refractivity contribution in [3.05, 3.63) is 30.1 Å². The van der Waals surface area contributed by atoms with Crippen LogP contribution in [0.4, 0.5) is 4.39 Å². The summed E-state index contributed by atoms with van der Waals surface area (Å²) in [4.78, 5) is 0. The first-order chi connectivity index (χ1) is 8.37. The number of halogens is 1. The lowest BCUT2D eigenvalue weighted by Gasteiger charge is -2.21. The van der Waals surface area contributed by atoms with Crippen LogP contribution in [0.5, 0.6) is 5.75 Å². The van der Waals surface area contributed by atoms with Crippen LogP contribution in [-0.4, -0.2) is 18.2 Å². The van der Waals surface area contributed by atoms with Gasteiger partial charge < -0.3 is 10.1 Å². The van der Waals surface area contributed by atoms with Crippen molar-refractivity contribution in [3.63, 3.8) is 0 Å². The lowest BCUT2D eigenvalue weighted by molar-refractivity contribution is 0.205. The van der Waals surface area contributed by atoms with E-state index in [0.29, 0.717) is 0 Å². The first-order valence-corrected chi connectivity index (χ1v) is 6.54. The van der Waals surface area contributed by atoms with Gasteiger partial charge in [-0.3, -0.25) is 0 Å². The summed E-state index contributed by atoms with van der Waals surface area (Å²) < 4.78 is 18.4. The second-order valence-electron chi connectivity index (χ2n) is 5.70. The molecule has 18 heavy (non-hydrogen) atoms. The molecule has 0 aliphatic rings. The molecule has 1 aromatic carbocycles. The molecule has 0 amide bonds. The number of ether oxygens (including phenoxy) is 1. The van der Waals surface area contributed by atoms with Gasteiger partial charge in [-0.1, -0.05) is 0 Å². The Bertz CT molecular complexity index is 343. The smallest absolute Gasteiger partial charge is 0.123 e. The van der Waals surface area contributed by atoms with Crippen LogP contribution in [0.15, 0.2) is 24.3 Å². The van der Waals surface area contributed by atoms with Crippen molar-refractivity contribution in [2.45, 2.75) is 52.2 Å². The van der Waals surface area contributed by atoms with Crippen LogP contribution in [0.3, 0.4) is 0 Å². The summed E-state index contributed by atoms with van der Waals surface area (Å²) in [6.07, 6.45) is 2.21. The topological polar surface area (TPSA) is 21.3 Å². The second-order valence-corrected chi connectivity index (χ2v) is 5.70. The minimum atomic E-state index is -0.232. The standard InChI is InChI=1S/C15H24FNO/c1-12(6-5-11-17-15(2,3)4)18-14-9-7-13(16)8-10-14/h7-10,12,17H,5-6,11H2,1-4H3. The van der Waals surface area contributed by atoms with Gasteiger partial charge in [-0.05, 0) is 71.3 Å². The Balaban J connectivity index is 2.21. The second kappa shape index (κ2) is 6.74. The summed E-state index contributed by atoms with van der Waals surface area (Å²) >= 11 is 0. The molecular formula is C15H24FNO. The quantitative estimate of drug-likeness (QED) is 0.779. The zero-order chi connectivity index (χ0) is 13.6. The molecule has 1 aromatic rings. The van der Waals surface area contributed by atoms with E-state index in [1.807, 2.05) is 6.92 Å². The van der Waals surface area contributed by atoms with E-state index >= 15 is 0 Å². The summed E-state index contributed by atoms with van der Waals surface area (Å²) in [7, 11) is 0. The molecule has 0 aliphatic carbocycles. The molecule has 3 heteroatoms. The van der Waals surface area contributed by atoms with Gasteiger partial charge in [-0.25, -0.2) is 4.39 Å². The van der Waals surface area contributed by atoms with Crippen molar-refractivity contribution in [2.75, 3.05) is 6.54 Å². The highest BCUT2D eigenvalue weighted by atomic mass is 19.1. The number of nitrogens with one attached hydrogen (secondary N) is 1. The first kappa shape index (κ1) is 15.0. The Hall–Kier alpha value is -1.09. The molecule has 1 N–H and O–H groups in total. The Kier molecular flexibility index (Phi) is 5.60. The zero-order valence-electron chi connectivity index (χ0n) is 11.8. The van der Waals surface area contributed by atoms with Gasteiger partial charge in [0, 0.05) is 5.54 Å². The Labute approximate surface area is 110 Å². The highest BCUT2D eigenvalue weighted by Crippen LogP contribution is 2.14. The maximum Gasteiger partial charge on any atom is 0.123 e. The Morgan fingerprint density at radius 3 is 2.39 bits per heavy atom. The van der Waals surface area contributed by atoms with Crippen LogP contribution >= 0.6 is 0 Å². The zero-order valence-corrected chi connectivity index (χ0v) is 11.8. The van der Waals surface area contributed by atoms with Crippen molar-refractivity contribution >= 4 is 0 Å². The van der Waals surface area contributed by atoms with E-state index in [0.717, 1.165) is 25.1 Å². The van der Waals surface area contributed by atoms with Gasteiger partial charge in [0.25, 0.3) is 0 Å². The maximum atomic E-state index is 12.7. The van der Waals surface area contributed by atoms with Gasteiger partial charge >= 0.3 is 0 Å². The molecule has 1 atom stereocenters. The van der Waals surface area contributed by atoms with E-state index in [1.54, 1.807) is 12.1 Å². The van der Waals surface area contributed by atoms with Crippen molar-refractivity contribution in [1.82, 2.24) is 5.32 Å². The number of hydrogen-bond donors (Lipinski definition) is 1. The predicted octanol–water partition coefficient (Wildman–Crippen LogP) is 3.76. The highest BCUT2D eigenvalue weighted by Gasteiger charge is 2.09. The fourth-order valence-corrected chi connectivity index (χ4v) is 1.66. The summed E-state index contributed by atoms with van der Waals surface area (Å²) in [5, 5.41) is 3.44. The summed E-state index contributed by atoms with van der Waals surface area (Å²) in [5.74, 6) is 0.497. The Morgan fingerprint density at radius 1 is 1.22 bits per heavy atom. The largest absolute Gasteiger partial charge is 0.491 e. The molecule has 1 unspecified atom stereocenters. The molecular weight excluding hydrogens is 229 g/mol. The fourth-order valence-electron chi connectivity index (χ4n) is 1.66. The molecule has 0 aliphatic heterocycles. The third-order valence-corrected chi connectivity index (χ3v) is 2.59. The van der Waals surface area contributed by atoms with Gasteiger partial charge in [-0.2, -0.15) is 0 Å². The molecule has 1 rings (SSSR count). The fraction of sp³-hybridized carbons (Fsp3) is 0.600. The summed E-state index contributed by atoms with van der Waals surface area (Å²) in [6.45, 7) is 9.50. The van der Waals surface area contributed by atoms with Gasteiger partial charge in [-0.15, -0.1) is 0 Å². The monoisotopic (exact) mass is 253 g/mol. The van der Waals surface area contributed by atoms with E-state index in [4.69, 9.17) is 4.74 Å². The van der Waals surface area contributed by atoms with Crippen molar-refractivity contribution in [3.8, 4) is 5.75 Å². The normalized spacial score (nSPS) is 13.4. The van der Waals surface area contributed by atoms with Gasteiger partial charge in [0.1, 0.15) is 11.6 Å². The molecule has 0 saturated heterocycles. The van der Waals surface area contributed by atoms with E-state index in [9.17, 15) is 4.39 Å². The highest BCUT2D eigenvalue weighted by molar-refractivity contribution is 5.22. The molecule has 0 heterocycles. The van der Waals surface area contributed by atoms with Crippen LogP contribution in [0.25, 0.3) is 0 Å². The lowest BCUT2D eigenvalue weighted by atomic mass is 10.1. The van der Waals surface area contributed by atoms with Crippen LogP contribution in [-0.2, 0) is 0 Å². The van der Waals surface area contributed by atoms with E-state index < -0.39 is 0 Å². The van der Waals surface area contributed by atoms with Gasteiger partial charge in [0.05, 0.1) is 6.10 Å². The molecule has 0 bridgehead atoms. The molecule has 0 saturated carbocycles. The van der Waals surface area contributed by atoms with Gasteiger partial charge in [0.2, 0.25) is 0 Å². The van der Waals surface area contributed by atoms with Crippen molar-refractivity contribution in [1.29, 1.82) is 0 Å². The van der Waals surface area contributed by atoms with E-state index in [-0.39, 0.29) is 17.5 Å². The molecule has 2 nitrogen and oxygen atoms in total. The first-order valence-electron chi connectivity index (χ1n) is 6.54. The number of rotatable bonds is 6. The molecule has 102 valence electrons. The number of benzene rings is 1. The van der Waals surface area contributed by atoms with Crippen LogP contribution in [0.2, 0.25) is 0 Å². The van der Waals surface area contributed by atoms with Crippen LogP contribution in [0.1, 0.15) is 40.5 Å². The third-order valence-electron chi connectivity index (χ3n) is 2.59. The minimum absolute atomic E-state index is 0.150.